The second-order valence-electron chi connectivity index (χ2n) is 2.31. The van der Waals surface area contributed by atoms with Crippen molar-refractivity contribution in [2.45, 2.75) is 13.8 Å². The van der Waals surface area contributed by atoms with Crippen molar-refractivity contribution < 1.29 is 19.2 Å². The summed E-state index contributed by atoms with van der Waals surface area (Å²) in [5, 5.41) is 14.4. The molecule has 0 saturated carbocycles. The molecule has 78 valence electrons. The molecule has 1 N–H and O–H groups in total. The van der Waals surface area contributed by atoms with Crippen LogP contribution < -0.4 is 15.3 Å². The highest BCUT2D eigenvalue weighted by Gasteiger charge is 2.08. The maximum atomic E-state index is 10.9. The van der Waals surface area contributed by atoms with Gasteiger partial charge in [0.2, 0.25) is 5.27 Å². The highest BCUT2D eigenvalue weighted by Crippen LogP contribution is 2.04. The van der Waals surface area contributed by atoms with Gasteiger partial charge in [-0.05, 0) is 13.5 Å². The van der Waals surface area contributed by atoms with Gasteiger partial charge in [0.25, 0.3) is 6.20 Å². The van der Waals surface area contributed by atoms with Gasteiger partial charge in [0.15, 0.2) is 6.08 Å². The zero-order chi connectivity index (χ0) is 10.4. The molecule has 0 fully saturated rings. The van der Waals surface area contributed by atoms with E-state index in [9.17, 15) is 5.11 Å². The fourth-order valence-corrected chi connectivity index (χ4v) is 0.769. The van der Waals surface area contributed by atoms with Crippen LogP contribution in [0, 0.1) is 0 Å². The molecule has 0 aliphatic rings. The Morgan fingerprint density at radius 2 is 2.57 bits per heavy atom. The molecule has 1 aromatic heterocycles. The van der Waals surface area contributed by atoms with E-state index in [2.05, 4.69) is 20.4 Å². The summed E-state index contributed by atoms with van der Waals surface area (Å²) >= 11 is 0. The number of ether oxygens (including phenoxy) is 1. The molecule has 0 aliphatic heterocycles. The van der Waals surface area contributed by atoms with Crippen LogP contribution in [0.3, 0.4) is 0 Å². The molecule has 0 saturated heterocycles. The van der Waals surface area contributed by atoms with Crippen LogP contribution in [0.4, 0.5) is 5.88 Å². The highest BCUT2D eigenvalue weighted by atomic mass is 16.6. The summed E-state index contributed by atoms with van der Waals surface area (Å²) in [6.45, 7) is 4.58. The Balaban J connectivity index is 2.62. The predicted octanol–water partition coefficient (Wildman–Crippen LogP) is -1.09. The van der Waals surface area contributed by atoms with Crippen LogP contribution in [0.15, 0.2) is 15.7 Å². The van der Waals surface area contributed by atoms with Gasteiger partial charge >= 0.3 is 5.88 Å². The van der Waals surface area contributed by atoms with Crippen molar-refractivity contribution in [2.75, 3.05) is 18.6 Å². The first-order valence-electron chi connectivity index (χ1n) is 4.27. The Morgan fingerprint density at radius 3 is 3.21 bits per heavy atom. The summed E-state index contributed by atoms with van der Waals surface area (Å²) < 4.78 is 9.31. The number of rotatable bonds is 4. The third kappa shape index (κ3) is 2.92. The molecular formula is C7H12N4O3. The number of hydrogen-bond donors (Lipinski definition) is 1. The molecule has 0 bridgehead atoms. The van der Waals surface area contributed by atoms with E-state index in [-0.39, 0.29) is 12.5 Å². The Bertz CT molecular complexity index is 310. The first-order valence-corrected chi connectivity index (χ1v) is 4.27. The zero-order valence-electron chi connectivity index (χ0n) is 8.06. The normalized spacial score (nSPS) is 11.4. The SMILES string of the molecule is CCN[n+]1cc(N=C([O-])OCC)on1. The molecule has 0 amide bonds. The minimum absolute atomic E-state index is 0.101. The maximum Gasteiger partial charge on any atom is 0.326 e. The number of hydrogen-bond acceptors (Lipinski definition) is 6. The van der Waals surface area contributed by atoms with Crippen LogP contribution in [0.25, 0.3) is 0 Å². The van der Waals surface area contributed by atoms with Gasteiger partial charge in [-0.15, -0.1) is 0 Å². The third-order valence-corrected chi connectivity index (χ3v) is 1.24. The minimum Gasteiger partial charge on any atom is -0.600 e. The van der Waals surface area contributed by atoms with Gasteiger partial charge in [-0.1, -0.05) is 6.92 Å². The summed E-state index contributed by atoms with van der Waals surface area (Å²) in [6, 6.07) is 0. The molecule has 1 rings (SSSR count). The summed E-state index contributed by atoms with van der Waals surface area (Å²) in [4.78, 5) is 4.83. The van der Waals surface area contributed by atoms with Crippen LogP contribution >= 0.6 is 0 Å². The molecule has 0 radical (unpaired) electrons. The summed E-state index contributed by atoms with van der Waals surface area (Å²) in [6.07, 6.45) is 0.757. The van der Waals surface area contributed by atoms with Crippen molar-refractivity contribution in [3.63, 3.8) is 0 Å². The molecule has 0 spiro atoms. The molecule has 1 aromatic rings. The van der Waals surface area contributed by atoms with E-state index in [1.54, 1.807) is 6.92 Å². The smallest absolute Gasteiger partial charge is 0.326 e. The van der Waals surface area contributed by atoms with Crippen LogP contribution in [0.2, 0.25) is 0 Å². The molecule has 7 nitrogen and oxygen atoms in total. The maximum absolute atomic E-state index is 10.9. The van der Waals surface area contributed by atoms with E-state index < -0.39 is 6.08 Å². The van der Waals surface area contributed by atoms with Crippen LogP contribution in [0.1, 0.15) is 13.8 Å². The fraction of sp³-hybridized carbons (Fsp3) is 0.571. The van der Waals surface area contributed by atoms with E-state index in [1.807, 2.05) is 6.92 Å². The first-order chi connectivity index (χ1) is 6.76. The van der Waals surface area contributed by atoms with Gasteiger partial charge in [-0.25, -0.2) is 0 Å². The predicted molar refractivity (Wildman–Crippen MR) is 45.3 cm³/mol. The molecular weight excluding hydrogens is 188 g/mol. The second kappa shape index (κ2) is 5.05. The number of nitrogens with zero attached hydrogens (tertiary/aromatic N) is 3. The van der Waals surface area contributed by atoms with E-state index >= 15 is 0 Å². The fourth-order valence-electron chi connectivity index (χ4n) is 0.769. The van der Waals surface area contributed by atoms with Crippen molar-refractivity contribution >= 4 is 12.0 Å². The first kappa shape index (κ1) is 10.3. The average Bonchev–Trinajstić information content (AvgIpc) is 2.53. The lowest BCUT2D eigenvalue weighted by Gasteiger charge is -2.07. The Hall–Kier alpha value is -1.79. The molecule has 0 unspecified atom stereocenters. The van der Waals surface area contributed by atoms with Crippen molar-refractivity contribution in [3.05, 3.63) is 6.20 Å². The van der Waals surface area contributed by atoms with Gasteiger partial charge in [-0.2, -0.15) is 10.4 Å². The summed E-state index contributed by atoms with van der Waals surface area (Å²) in [7, 11) is 0. The highest BCUT2D eigenvalue weighted by molar-refractivity contribution is 5.64. The van der Waals surface area contributed by atoms with Crippen LogP contribution in [0.5, 0.6) is 0 Å². The Labute approximate surface area is 80.9 Å². The van der Waals surface area contributed by atoms with E-state index in [0.29, 0.717) is 6.54 Å². The summed E-state index contributed by atoms with van der Waals surface area (Å²) in [5.74, 6) is 0.101. The lowest BCUT2D eigenvalue weighted by Crippen LogP contribution is -2.45. The van der Waals surface area contributed by atoms with Gasteiger partial charge in [0.05, 0.1) is 11.3 Å². The van der Waals surface area contributed by atoms with E-state index in [1.165, 1.54) is 11.0 Å². The Kier molecular flexibility index (Phi) is 3.71. The minimum atomic E-state index is -0.688. The second-order valence-corrected chi connectivity index (χ2v) is 2.31. The van der Waals surface area contributed by atoms with E-state index in [4.69, 9.17) is 4.52 Å². The summed E-state index contributed by atoms with van der Waals surface area (Å²) in [5.41, 5.74) is 2.83. The van der Waals surface area contributed by atoms with Crippen molar-refractivity contribution in [2.24, 2.45) is 4.99 Å². The quantitative estimate of drug-likeness (QED) is 0.379. The zero-order valence-corrected chi connectivity index (χ0v) is 8.06. The van der Waals surface area contributed by atoms with Gasteiger partial charge in [0.1, 0.15) is 0 Å². The van der Waals surface area contributed by atoms with E-state index in [0.717, 1.165) is 0 Å². The topological polar surface area (TPSA) is 86.6 Å². The molecule has 0 aromatic carbocycles. The Morgan fingerprint density at radius 1 is 1.79 bits per heavy atom. The van der Waals surface area contributed by atoms with Gasteiger partial charge < -0.3 is 9.84 Å². The molecule has 0 aliphatic carbocycles. The van der Waals surface area contributed by atoms with Crippen LogP contribution in [-0.2, 0) is 4.74 Å². The number of aromatic nitrogens is 2. The molecule has 7 heteroatoms. The van der Waals surface area contributed by atoms with Gasteiger partial charge in [-0.3, -0.25) is 4.52 Å². The molecule has 1 heterocycles. The van der Waals surface area contributed by atoms with Crippen molar-refractivity contribution in [1.82, 2.24) is 5.27 Å². The molecule has 0 atom stereocenters. The number of nitrogens with one attached hydrogen (secondary N) is 1. The monoisotopic (exact) mass is 200 g/mol. The standard InChI is InChI=1S/C7H12N4O3/c1-3-8-11-5-6(14-10-11)9-7(12)13-4-2/h5H,3-4H2,1-2H3,(H-,8,9,10,12). The molecule has 14 heavy (non-hydrogen) atoms. The third-order valence-electron chi connectivity index (χ3n) is 1.24. The van der Waals surface area contributed by atoms with Crippen molar-refractivity contribution in [1.29, 1.82) is 0 Å². The average molecular weight is 200 g/mol. The lowest BCUT2D eigenvalue weighted by atomic mass is 10.8. The van der Waals surface area contributed by atoms with Crippen molar-refractivity contribution in [3.8, 4) is 0 Å². The number of aliphatic imine (C=N–C) groups is 1. The lowest BCUT2D eigenvalue weighted by molar-refractivity contribution is -0.719. The van der Waals surface area contributed by atoms with Gasteiger partial charge in [0, 0.05) is 0 Å². The largest absolute Gasteiger partial charge is 0.600 e. The van der Waals surface area contributed by atoms with Crippen LogP contribution in [-0.4, -0.2) is 24.5 Å².